The van der Waals surface area contributed by atoms with Gasteiger partial charge in [-0.2, -0.15) is 0 Å². The maximum Gasteiger partial charge on any atom is 0.257 e. The quantitative estimate of drug-likeness (QED) is 0.670. The molecule has 0 spiro atoms. The minimum atomic E-state index is -0.273. The number of fused-ring (bicyclic) bond motifs is 5. The van der Waals surface area contributed by atoms with Crippen LogP contribution < -0.4 is 10.2 Å². The van der Waals surface area contributed by atoms with Crippen LogP contribution in [0.1, 0.15) is 16.8 Å². The molecule has 1 saturated carbocycles. The fourth-order valence-electron chi connectivity index (χ4n) is 4.37. The average Bonchev–Trinajstić information content (AvgIpc) is 3.41. The maximum atomic E-state index is 12.8. The third-order valence-electron chi connectivity index (χ3n) is 5.51. The van der Waals surface area contributed by atoms with E-state index in [-0.39, 0.29) is 41.4 Å². The van der Waals surface area contributed by atoms with Gasteiger partial charge in [-0.1, -0.05) is 12.2 Å². The van der Waals surface area contributed by atoms with Gasteiger partial charge in [0, 0.05) is 17.1 Å². The van der Waals surface area contributed by atoms with E-state index in [1.54, 1.807) is 35.8 Å². The Kier molecular flexibility index (Phi) is 3.33. The highest BCUT2D eigenvalue weighted by atomic mass is 32.1. The van der Waals surface area contributed by atoms with E-state index in [1.165, 1.54) is 16.2 Å². The number of thiazole rings is 1. The largest absolute Gasteiger partial charge is 0.298 e. The molecule has 2 heterocycles. The van der Waals surface area contributed by atoms with E-state index in [0.717, 1.165) is 6.42 Å². The van der Waals surface area contributed by atoms with Crippen molar-refractivity contribution in [3.8, 4) is 0 Å². The minimum Gasteiger partial charge on any atom is -0.298 e. The topological polar surface area (TPSA) is 79.4 Å². The molecule has 2 aliphatic carbocycles. The van der Waals surface area contributed by atoms with Crippen LogP contribution >= 0.6 is 11.3 Å². The number of rotatable bonds is 3. The van der Waals surface area contributed by atoms with E-state index in [0.29, 0.717) is 16.4 Å². The standard InChI is InChI=1S/C19H15N3O3S/c23-16(21-19-20-7-8-26-19)10-3-5-13(6-4-10)22-17(24)14-11-1-2-12(9-11)15(14)18(22)25/h1-8,11-12,14-15H,9H2,(H,20,21,23)/t11-,12-,14+,15+/m0/s1. The lowest BCUT2D eigenvalue weighted by molar-refractivity contribution is -0.123. The molecular weight excluding hydrogens is 350 g/mol. The van der Waals surface area contributed by atoms with Crippen LogP contribution in [-0.2, 0) is 9.59 Å². The lowest BCUT2D eigenvalue weighted by Crippen LogP contribution is -2.32. The summed E-state index contributed by atoms with van der Waals surface area (Å²) in [6.45, 7) is 0. The lowest BCUT2D eigenvalue weighted by Gasteiger charge is -2.17. The number of carbonyl (C=O) groups is 3. The number of imide groups is 1. The molecular formula is C19H15N3O3S. The third-order valence-corrected chi connectivity index (χ3v) is 6.20. The molecule has 6 nitrogen and oxygen atoms in total. The Morgan fingerprint density at radius 1 is 1.08 bits per heavy atom. The zero-order valence-electron chi connectivity index (χ0n) is 13.7. The van der Waals surface area contributed by atoms with Crippen LogP contribution in [0.25, 0.3) is 0 Å². The first-order chi connectivity index (χ1) is 12.6. The van der Waals surface area contributed by atoms with Gasteiger partial charge in [0.1, 0.15) is 0 Å². The summed E-state index contributed by atoms with van der Waals surface area (Å²) >= 11 is 1.34. The summed E-state index contributed by atoms with van der Waals surface area (Å²) in [7, 11) is 0. The summed E-state index contributed by atoms with van der Waals surface area (Å²) in [6.07, 6.45) is 6.68. The van der Waals surface area contributed by atoms with Gasteiger partial charge in [-0.05, 0) is 42.5 Å². The average molecular weight is 365 g/mol. The Hall–Kier alpha value is -2.80. The number of hydrogen-bond acceptors (Lipinski definition) is 5. The Morgan fingerprint density at radius 2 is 1.73 bits per heavy atom. The highest BCUT2D eigenvalue weighted by Gasteiger charge is 2.59. The van der Waals surface area contributed by atoms with Crippen LogP contribution in [0.15, 0.2) is 48.0 Å². The molecule has 0 radical (unpaired) electrons. The second-order valence-electron chi connectivity index (χ2n) is 6.85. The fourth-order valence-corrected chi connectivity index (χ4v) is 4.90. The molecule has 1 aliphatic heterocycles. The molecule has 3 amide bonds. The Labute approximate surface area is 153 Å². The summed E-state index contributed by atoms with van der Waals surface area (Å²) in [5.41, 5.74) is 0.976. The van der Waals surface area contributed by atoms with Crippen molar-refractivity contribution in [1.82, 2.24) is 4.98 Å². The fraction of sp³-hybridized carbons (Fsp3) is 0.263. The van der Waals surface area contributed by atoms with Gasteiger partial charge >= 0.3 is 0 Å². The highest BCUT2D eigenvalue weighted by Crippen LogP contribution is 2.53. The number of anilines is 2. The summed E-state index contributed by atoms with van der Waals surface area (Å²) in [5, 5.41) is 5.02. The van der Waals surface area contributed by atoms with Crippen LogP contribution in [0.3, 0.4) is 0 Å². The molecule has 2 bridgehead atoms. The number of carbonyl (C=O) groups excluding carboxylic acids is 3. The Bertz CT molecular complexity index is 905. The van der Waals surface area contributed by atoms with Crippen molar-refractivity contribution in [2.24, 2.45) is 23.7 Å². The number of hydrogen-bond donors (Lipinski definition) is 1. The van der Waals surface area contributed by atoms with E-state index >= 15 is 0 Å². The number of benzene rings is 1. The predicted octanol–water partition coefficient (Wildman–Crippen LogP) is 2.71. The van der Waals surface area contributed by atoms with Gasteiger partial charge in [0.05, 0.1) is 17.5 Å². The summed E-state index contributed by atoms with van der Waals surface area (Å²) in [6, 6.07) is 6.56. The van der Waals surface area contributed by atoms with Crippen molar-refractivity contribution < 1.29 is 14.4 Å². The number of amides is 3. The Morgan fingerprint density at radius 3 is 2.31 bits per heavy atom. The van der Waals surface area contributed by atoms with Gasteiger partial charge in [-0.3, -0.25) is 24.6 Å². The summed E-state index contributed by atoms with van der Waals surface area (Å²) < 4.78 is 0. The van der Waals surface area contributed by atoms with Gasteiger partial charge in [0.25, 0.3) is 5.91 Å². The van der Waals surface area contributed by atoms with E-state index in [9.17, 15) is 14.4 Å². The van der Waals surface area contributed by atoms with Crippen molar-refractivity contribution in [3.05, 3.63) is 53.6 Å². The second-order valence-corrected chi connectivity index (χ2v) is 7.74. The SMILES string of the molecule is O=C(Nc1nccs1)c1ccc(N2C(=O)[C@H]3[C@H](C2=O)[C@H]2C=C[C@H]3C2)cc1. The molecule has 5 rings (SSSR count). The first-order valence-electron chi connectivity index (χ1n) is 8.50. The third kappa shape index (κ3) is 2.17. The highest BCUT2D eigenvalue weighted by molar-refractivity contribution is 7.13. The van der Waals surface area contributed by atoms with Gasteiger partial charge in [0.2, 0.25) is 11.8 Å². The molecule has 7 heteroatoms. The normalized spacial score (nSPS) is 28.7. The van der Waals surface area contributed by atoms with Gasteiger partial charge in [-0.15, -0.1) is 11.3 Å². The van der Waals surface area contributed by atoms with Crippen LogP contribution in [0.5, 0.6) is 0 Å². The maximum absolute atomic E-state index is 12.8. The Balaban J connectivity index is 1.37. The second kappa shape index (κ2) is 5.60. The van der Waals surface area contributed by atoms with Crippen molar-refractivity contribution in [1.29, 1.82) is 0 Å². The van der Waals surface area contributed by atoms with E-state index in [4.69, 9.17) is 0 Å². The molecule has 4 atom stereocenters. The first-order valence-corrected chi connectivity index (χ1v) is 9.38. The number of nitrogens with zero attached hydrogens (tertiary/aromatic N) is 2. The van der Waals surface area contributed by atoms with E-state index in [1.807, 2.05) is 0 Å². The first kappa shape index (κ1) is 15.5. The summed E-state index contributed by atoms with van der Waals surface area (Å²) in [4.78, 5) is 43.1. The lowest BCUT2D eigenvalue weighted by atomic mass is 9.85. The molecule has 130 valence electrons. The van der Waals surface area contributed by atoms with Gasteiger partial charge in [-0.25, -0.2) is 4.98 Å². The molecule has 1 aromatic carbocycles. The monoisotopic (exact) mass is 365 g/mol. The van der Waals surface area contributed by atoms with Crippen LogP contribution in [0.4, 0.5) is 10.8 Å². The van der Waals surface area contributed by atoms with Gasteiger partial charge < -0.3 is 0 Å². The molecule has 1 aromatic heterocycles. The van der Waals surface area contributed by atoms with E-state index in [2.05, 4.69) is 22.5 Å². The van der Waals surface area contributed by atoms with Crippen molar-refractivity contribution in [2.45, 2.75) is 6.42 Å². The number of allylic oxidation sites excluding steroid dienone is 2. The summed E-state index contributed by atoms with van der Waals surface area (Å²) in [5.74, 6) is -0.557. The molecule has 2 fully saturated rings. The minimum absolute atomic E-state index is 0.114. The van der Waals surface area contributed by atoms with Crippen molar-refractivity contribution >= 4 is 39.9 Å². The van der Waals surface area contributed by atoms with Crippen LogP contribution in [0, 0.1) is 23.7 Å². The van der Waals surface area contributed by atoms with Crippen LogP contribution in [0.2, 0.25) is 0 Å². The molecule has 3 aliphatic rings. The molecule has 0 unspecified atom stereocenters. The van der Waals surface area contributed by atoms with E-state index < -0.39 is 0 Å². The zero-order valence-corrected chi connectivity index (χ0v) is 14.5. The number of aromatic nitrogens is 1. The predicted molar refractivity (Wildman–Crippen MR) is 96.7 cm³/mol. The van der Waals surface area contributed by atoms with Crippen molar-refractivity contribution in [2.75, 3.05) is 10.2 Å². The molecule has 2 aromatic rings. The smallest absolute Gasteiger partial charge is 0.257 e. The molecule has 1 N–H and O–H groups in total. The zero-order chi connectivity index (χ0) is 17.8. The van der Waals surface area contributed by atoms with Crippen LogP contribution in [-0.4, -0.2) is 22.7 Å². The van der Waals surface area contributed by atoms with Gasteiger partial charge in [0.15, 0.2) is 5.13 Å². The molecule has 26 heavy (non-hydrogen) atoms. The van der Waals surface area contributed by atoms with Crippen molar-refractivity contribution in [3.63, 3.8) is 0 Å². The number of nitrogens with one attached hydrogen (secondary N) is 1. The molecule has 1 saturated heterocycles.